The largest absolute Gasteiger partial charge is 0.481 e. The number of hydrogen-bond donors (Lipinski definition) is 1. The smallest absolute Gasteiger partial charge is 0.306 e. The molecule has 12 heavy (non-hydrogen) atoms. The summed E-state index contributed by atoms with van der Waals surface area (Å²) in [7, 11) is 0. The van der Waals surface area contributed by atoms with Crippen molar-refractivity contribution in [3.05, 3.63) is 0 Å². The first kappa shape index (κ1) is 8.02. The predicted octanol–water partition coefficient (Wildman–Crippen LogP) is 1.85. The van der Waals surface area contributed by atoms with Gasteiger partial charge in [0.15, 0.2) is 0 Å². The van der Waals surface area contributed by atoms with Crippen molar-refractivity contribution in [2.45, 2.75) is 31.9 Å². The highest BCUT2D eigenvalue weighted by Crippen LogP contribution is 2.46. The molecule has 68 valence electrons. The Balaban J connectivity index is 2.07. The number of carboxylic acid groups (broad SMARTS) is 1. The van der Waals surface area contributed by atoms with E-state index >= 15 is 0 Å². The van der Waals surface area contributed by atoms with Crippen LogP contribution < -0.4 is 0 Å². The van der Waals surface area contributed by atoms with E-state index in [0.29, 0.717) is 12.8 Å². The maximum absolute atomic E-state index is 13.3. The molecule has 0 heterocycles. The second-order valence-electron chi connectivity index (χ2n) is 4.05. The average molecular weight is 172 g/mol. The average Bonchev–Trinajstić information content (AvgIpc) is 2.30. The van der Waals surface area contributed by atoms with Gasteiger partial charge in [-0.1, -0.05) is 0 Å². The van der Waals surface area contributed by atoms with Gasteiger partial charge in [-0.3, -0.25) is 4.79 Å². The van der Waals surface area contributed by atoms with E-state index in [1.807, 2.05) is 0 Å². The molecule has 0 saturated heterocycles. The van der Waals surface area contributed by atoms with Crippen molar-refractivity contribution in [1.29, 1.82) is 0 Å². The predicted molar refractivity (Wildman–Crippen MR) is 41.5 cm³/mol. The van der Waals surface area contributed by atoms with Crippen LogP contribution in [-0.4, -0.2) is 17.2 Å². The number of alkyl halides is 1. The lowest BCUT2D eigenvalue weighted by Gasteiger charge is -2.27. The zero-order valence-electron chi connectivity index (χ0n) is 6.87. The van der Waals surface area contributed by atoms with Crippen LogP contribution in [0.25, 0.3) is 0 Å². The maximum Gasteiger partial charge on any atom is 0.306 e. The van der Waals surface area contributed by atoms with Crippen molar-refractivity contribution in [3.8, 4) is 0 Å². The summed E-state index contributed by atoms with van der Waals surface area (Å²) in [4.78, 5) is 10.7. The second-order valence-corrected chi connectivity index (χ2v) is 4.05. The second kappa shape index (κ2) is 2.71. The molecule has 0 spiro atoms. The van der Waals surface area contributed by atoms with Crippen LogP contribution in [0.5, 0.6) is 0 Å². The summed E-state index contributed by atoms with van der Waals surface area (Å²) < 4.78 is 13.3. The van der Waals surface area contributed by atoms with Crippen molar-refractivity contribution >= 4 is 5.97 Å². The third kappa shape index (κ3) is 1.11. The van der Waals surface area contributed by atoms with E-state index in [1.165, 1.54) is 0 Å². The lowest BCUT2D eigenvalue weighted by molar-refractivity contribution is -0.144. The Bertz CT molecular complexity index is 191. The van der Waals surface area contributed by atoms with Crippen molar-refractivity contribution in [2.24, 2.45) is 17.8 Å². The molecular formula is C9H13FO2. The van der Waals surface area contributed by atoms with Gasteiger partial charge >= 0.3 is 5.97 Å². The molecule has 0 aromatic carbocycles. The minimum absolute atomic E-state index is 0.0462. The van der Waals surface area contributed by atoms with Gasteiger partial charge in [0.1, 0.15) is 6.17 Å². The summed E-state index contributed by atoms with van der Waals surface area (Å²) in [6.07, 6.45) is 2.21. The summed E-state index contributed by atoms with van der Waals surface area (Å²) in [5.74, 6) is -0.914. The highest BCUT2D eigenvalue weighted by molar-refractivity contribution is 5.70. The summed E-state index contributed by atoms with van der Waals surface area (Å²) in [6.45, 7) is 0. The molecule has 0 radical (unpaired) electrons. The first-order valence-electron chi connectivity index (χ1n) is 4.55. The van der Waals surface area contributed by atoms with Gasteiger partial charge in [0.05, 0.1) is 5.92 Å². The molecule has 2 nitrogen and oxygen atoms in total. The fourth-order valence-corrected chi connectivity index (χ4v) is 2.66. The molecule has 2 saturated carbocycles. The van der Waals surface area contributed by atoms with Gasteiger partial charge in [-0.2, -0.15) is 0 Å². The van der Waals surface area contributed by atoms with Crippen LogP contribution in [0.4, 0.5) is 4.39 Å². The molecule has 3 heteroatoms. The monoisotopic (exact) mass is 172 g/mol. The molecule has 0 aromatic heterocycles. The molecular weight excluding hydrogens is 159 g/mol. The van der Waals surface area contributed by atoms with Crippen molar-refractivity contribution in [3.63, 3.8) is 0 Å². The molecule has 2 aliphatic rings. The number of fused-ring (bicyclic) bond motifs is 2. The van der Waals surface area contributed by atoms with Crippen LogP contribution in [0.2, 0.25) is 0 Å². The van der Waals surface area contributed by atoms with Gasteiger partial charge in [-0.15, -0.1) is 0 Å². The van der Waals surface area contributed by atoms with Crippen molar-refractivity contribution in [1.82, 2.24) is 0 Å². The fraction of sp³-hybridized carbons (Fsp3) is 0.889. The molecule has 0 aromatic rings. The van der Waals surface area contributed by atoms with Gasteiger partial charge in [0, 0.05) is 0 Å². The minimum atomic E-state index is -0.737. The van der Waals surface area contributed by atoms with E-state index in [2.05, 4.69) is 0 Å². The number of carboxylic acids is 1. The van der Waals surface area contributed by atoms with E-state index in [0.717, 1.165) is 12.8 Å². The number of hydrogen-bond acceptors (Lipinski definition) is 1. The Labute approximate surface area is 70.8 Å². The Morgan fingerprint density at radius 3 is 2.17 bits per heavy atom. The van der Waals surface area contributed by atoms with Gasteiger partial charge in [-0.05, 0) is 37.5 Å². The summed E-state index contributed by atoms with van der Waals surface area (Å²) in [5, 5.41) is 8.77. The van der Waals surface area contributed by atoms with Crippen LogP contribution in [-0.2, 0) is 4.79 Å². The Morgan fingerprint density at radius 1 is 1.25 bits per heavy atom. The van der Waals surface area contributed by atoms with Gasteiger partial charge in [-0.25, -0.2) is 4.39 Å². The van der Waals surface area contributed by atoms with Crippen LogP contribution in [0.3, 0.4) is 0 Å². The minimum Gasteiger partial charge on any atom is -0.481 e. The fourth-order valence-electron chi connectivity index (χ4n) is 2.66. The van der Waals surface area contributed by atoms with Crippen molar-refractivity contribution in [2.75, 3.05) is 0 Å². The highest BCUT2D eigenvalue weighted by Gasteiger charge is 2.44. The van der Waals surface area contributed by atoms with Crippen LogP contribution in [0.1, 0.15) is 25.7 Å². The maximum atomic E-state index is 13.3. The Morgan fingerprint density at radius 2 is 1.75 bits per heavy atom. The lowest BCUT2D eigenvalue weighted by atomic mass is 9.80. The van der Waals surface area contributed by atoms with Crippen LogP contribution in [0.15, 0.2) is 0 Å². The van der Waals surface area contributed by atoms with E-state index < -0.39 is 12.1 Å². The Hall–Kier alpha value is -0.600. The highest BCUT2D eigenvalue weighted by atomic mass is 19.1. The number of rotatable bonds is 1. The molecule has 1 N–H and O–H groups in total. The molecule has 0 unspecified atom stereocenters. The normalized spacial score (nSPS) is 46.1. The number of halogens is 1. The zero-order chi connectivity index (χ0) is 8.72. The zero-order valence-corrected chi connectivity index (χ0v) is 6.87. The lowest BCUT2D eigenvalue weighted by Crippen LogP contribution is -2.31. The van der Waals surface area contributed by atoms with Crippen LogP contribution in [0, 0.1) is 17.8 Å². The summed E-state index contributed by atoms with van der Waals surface area (Å²) in [5.41, 5.74) is 0. The third-order valence-corrected chi connectivity index (χ3v) is 3.33. The standard InChI is InChI=1S/C9H13FO2/c10-8-5-1-2-6(8)4-7(3-5)9(11)12/h5-8H,1-4H2,(H,11,12)/t5-,6-,7?,8?/m1/s1. The molecule has 2 aliphatic carbocycles. The van der Waals surface area contributed by atoms with Gasteiger partial charge in [0.2, 0.25) is 0 Å². The third-order valence-electron chi connectivity index (χ3n) is 3.33. The summed E-state index contributed by atoms with van der Waals surface area (Å²) in [6, 6.07) is 0. The summed E-state index contributed by atoms with van der Waals surface area (Å²) >= 11 is 0. The molecule has 0 aliphatic heterocycles. The van der Waals surface area contributed by atoms with Crippen molar-refractivity contribution < 1.29 is 14.3 Å². The molecule has 2 atom stereocenters. The van der Waals surface area contributed by atoms with Gasteiger partial charge < -0.3 is 5.11 Å². The molecule has 2 bridgehead atoms. The van der Waals surface area contributed by atoms with E-state index in [1.54, 1.807) is 0 Å². The van der Waals surface area contributed by atoms with Gasteiger partial charge in [0.25, 0.3) is 0 Å². The quantitative estimate of drug-likeness (QED) is 0.655. The van der Waals surface area contributed by atoms with Crippen LogP contribution >= 0.6 is 0 Å². The Kier molecular flexibility index (Phi) is 1.81. The SMILES string of the molecule is O=C(O)C1C[C@H]2CC[C@H](C1)C2F. The van der Waals surface area contributed by atoms with E-state index in [4.69, 9.17) is 5.11 Å². The molecule has 2 rings (SSSR count). The first-order chi connectivity index (χ1) is 5.68. The number of aliphatic carboxylic acids is 1. The molecule has 0 amide bonds. The van der Waals surface area contributed by atoms with E-state index in [9.17, 15) is 9.18 Å². The first-order valence-corrected chi connectivity index (χ1v) is 4.55. The number of carbonyl (C=O) groups is 1. The van der Waals surface area contributed by atoms with E-state index in [-0.39, 0.29) is 17.8 Å². The topological polar surface area (TPSA) is 37.3 Å². The molecule has 2 fully saturated rings.